The number of hydrogen-bond acceptors (Lipinski definition) is 3. The fourth-order valence-electron chi connectivity index (χ4n) is 2.22. The van der Waals surface area contributed by atoms with E-state index in [0.29, 0.717) is 4.21 Å². The maximum absolute atomic E-state index is 12.2. The molecule has 0 bridgehead atoms. The Bertz CT molecular complexity index is 821. The number of nitrogens with zero attached hydrogens (tertiary/aromatic N) is 1. The minimum Gasteiger partial charge on any atom is -0.324 e. The highest BCUT2D eigenvalue weighted by Crippen LogP contribution is 2.21. The smallest absolute Gasteiger partial charge is 0.250 e. The lowest BCUT2D eigenvalue weighted by atomic mass is 10.1. The third kappa shape index (κ3) is 3.14. The monoisotopic (exact) mass is 332 g/mol. The molecule has 114 valence electrons. The molecule has 0 saturated carbocycles. The lowest BCUT2D eigenvalue weighted by Crippen LogP contribution is -2.26. The van der Waals surface area contributed by atoms with Crippen molar-refractivity contribution in [2.75, 3.05) is 0 Å². The van der Waals surface area contributed by atoms with Crippen molar-refractivity contribution in [3.05, 3.63) is 71.9 Å². The molecule has 0 aliphatic carbocycles. The first-order valence-corrected chi connectivity index (χ1v) is 9.22. The molecule has 2 aromatic heterocycles. The standard InChI is InChI=1S/C16H16N2O2S2/c1-13(17-22(19,20)16-5-4-12-21-16)14-6-8-15(9-7-14)18-10-2-3-11-18/h2-13,17H,1H3. The first kappa shape index (κ1) is 15.0. The Morgan fingerprint density at radius 3 is 2.32 bits per heavy atom. The third-order valence-corrected chi connectivity index (χ3v) is 6.33. The summed E-state index contributed by atoms with van der Waals surface area (Å²) >= 11 is 1.21. The van der Waals surface area contributed by atoms with Gasteiger partial charge in [-0.15, -0.1) is 11.3 Å². The van der Waals surface area contributed by atoms with Crippen molar-refractivity contribution in [2.24, 2.45) is 0 Å². The van der Waals surface area contributed by atoms with Crippen LogP contribution in [0.5, 0.6) is 0 Å². The predicted octanol–water partition coefficient (Wildman–Crippen LogP) is 3.58. The van der Waals surface area contributed by atoms with Gasteiger partial charge < -0.3 is 4.57 Å². The summed E-state index contributed by atoms with van der Waals surface area (Å²) in [6, 6.07) is 14.8. The van der Waals surface area contributed by atoms with E-state index in [1.165, 1.54) is 11.3 Å². The lowest BCUT2D eigenvalue weighted by molar-refractivity contribution is 0.569. The molecule has 3 rings (SSSR count). The van der Waals surface area contributed by atoms with E-state index in [2.05, 4.69) is 4.72 Å². The average molecular weight is 332 g/mol. The first-order chi connectivity index (χ1) is 10.6. The molecule has 1 unspecified atom stereocenters. The molecule has 0 aliphatic rings. The second-order valence-electron chi connectivity index (χ2n) is 4.96. The maximum Gasteiger partial charge on any atom is 0.250 e. The summed E-state index contributed by atoms with van der Waals surface area (Å²) in [4.78, 5) is 0. The molecule has 2 heterocycles. The van der Waals surface area contributed by atoms with E-state index in [0.717, 1.165) is 11.3 Å². The molecule has 0 saturated heterocycles. The highest BCUT2D eigenvalue weighted by molar-refractivity contribution is 7.91. The van der Waals surface area contributed by atoms with Crippen molar-refractivity contribution in [1.82, 2.24) is 9.29 Å². The number of nitrogens with one attached hydrogen (secondary N) is 1. The molecule has 0 fully saturated rings. The van der Waals surface area contributed by atoms with Gasteiger partial charge in [0.2, 0.25) is 0 Å². The fourth-order valence-corrected chi connectivity index (χ4v) is 4.46. The number of rotatable bonds is 5. The van der Waals surface area contributed by atoms with Crippen LogP contribution in [0.3, 0.4) is 0 Å². The van der Waals surface area contributed by atoms with Gasteiger partial charge in [-0.3, -0.25) is 0 Å². The summed E-state index contributed by atoms with van der Waals surface area (Å²) in [6.45, 7) is 1.84. The summed E-state index contributed by atoms with van der Waals surface area (Å²) in [5.41, 5.74) is 1.97. The molecule has 22 heavy (non-hydrogen) atoms. The summed E-state index contributed by atoms with van der Waals surface area (Å²) in [5.74, 6) is 0. The van der Waals surface area contributed by atoms with Crippen LogP contribution in [0.4, 0.5) is 0 Å². The maximum atomic E-state index is 12.2. The molecule has 3 aromatic rings. The number of hydrogen-bond donors (Lipinski definition) is 1. The molecule has 4 nitrogen and oxygen atoms in total. The van der Waals surface area contributed by atoms with E-state index in [-0.39, 0.29) is 6.04 Å². The van der Waals surface area contributed by atoms with Crippen molar-refractivity contribution in [1.29, 1.82) is 0 Å². The fraction of sp³-hybridized carbons (Fsp3) is 0.125. The molecule has 1 atom stereocenters. The molecule has 0 aliphatic heterocycles. The Hall–Kier alpha value is -1.89. The number of thiophene rings is 1. The van der Waals surface area contributed by atoms with Gasteiger partial charge >= 0.3 is 0 Å². The molecule has 0 amide bonds. The molecule has 1 N–H and O–H groups in total. The number of benzene rings is 1. The van der Waals surface area contributed by atoms with Crippen molar-refractivity contribution in [2.45, 2.75) is 17.2 Å². The van der Waals surface area contributed by atoms with Gasteiger partial charge in [-0.05, 0) is 48.2 Å². The van der Waals surface area contributed by atoms with Crippen molar-refractivity contribution < 1.29 is 8.42 Å². The van der Waals surface area contributed by atoms with Crippen LogP contribution >= 0.6 is 11.3 Å². The molecule has 0 spiro atoms. The normalized spacial score (nSPS) is 13.1. The summed E-state index contributed by atoms with van der Waals surface area (Å²) in [6.07, 6.45) is 3.94. The largest absolute Gasteiger partial charge is 0.324 e. The van der Waals surface area contributed by atoms with Gasteiger partial charge in [0.25, 0.3) is 10.0 Å². The Kier molecular flexibility index (Phi) is 4.15. The second kappa shape index (κ2) is 6.08. The highest BCUT2D eigenvalue weighted by Gasteiger charge is 2.19. The van der Waals surface area contributed by atoms with E-state index < -0.39 is 10.0 Å². The molecular formula is C16H16N2O2S2. The Balaban J connectivity index is 1.77. The molecular weight excluding hydrogens is 316 g/mol. The minimum atomic E-state index is -3.45. The van der Waals surface area contributed by atoms with Gasteiger partial charge in [-0.25, -0.2) is 13.1 Å². The van der Waals surface area contributed by atoms with Crippen molar-refractivity contribution in [3.63, 3.8) is 0 Å². The molecule has 0 radical (unpaired) electrons. The summed E-state index contributed by atoms with van der Waals surface area (Å²) < 4.78 is 29.5. The van der Waals surface area contributed by atoms with Gasteiger partial charge in [-0.1, -0.05) is 18.2 Å². The quantitative estimate of drug-likeness (QED) is 0.776. The second-order valence-corrected chi connectivity index (χ2v) is 7.85. The predicted molar refractivity (Wildman–Crippen MR) is 88.8 cm³/mol. The van der Waals surface area contributed by atoms with Gasteiger partial charge in [0.05, 0.1) is 0 Å². The molecule has 1 aromatic carbocycles. The van der Waals surface area contributed by atoms with Crippen LogP contribution in [-0.4, -0.2) is 13.0 Å². The Morgan fingerprint density at radius 1 is 1.05 bits per heavy atom. The third-order valence-electron chi connectivity index (χ3n) is 3.39. The van der Waals surface area contributed by atoms with Crippen LogP contribution in [0, 0.1) is 0 Å². The average Bonchev–Trinajstić information content (AvgIpc) is 3.20. The van der Waals surface area contributed by atoms with Crippen LogP contribution in [0.25, 0.3) is 5.69 Å². The van der Waals surface area contributed by atoms with Gasteiger partial charge in [0.1, 0.15) is 4.21 Å². The number of aromatic nitrogens is 1. The summed E-state index contributed by atoms with van der Waals surface area (Å²) in [5, 5.41) is 1.76. The van der Waals surface area contributed by atoms with Crippen molar-refractivity contribution >= 4 is 21.4 Å². The van der Waals surface area contributed by atoms with E-state index in [9.17, 15) is 8.42 Å². The van der Waals surface area contributed by atoms with Crippen LogP contribution < -0.4 is 4.72 Å². The molecule has 6 heteroatoms. The Morgan fingerprint density at radius 2 is 1.73 bits per heavy atom. The van der Waals surface area contributed by atoms with Crippen LogP contribution in [0.2, 0.25) is 0 Å². The van der Waals surface area contributed by atoms with Gasteiger partial charge in [0, 0.05) is 24.1 Å². The van der Waals surface area contributed by atoms with E-state index in [4.69, 9.17) is 0 Å². The van der Waals surface area contributed by atoms with Crippen LogP contribution in [0.1, 0.15) is 18.5 Å². The Labute approximate surface area is 134 Å². The first-order valence-electron chi connectivity index (χ1n) is 6.85. The minimum absolute atomic E-state index is 0.286. The van der Waals surface area contributed by atoms with E-state index in [1.807, 2.05) is 60.3 Å². The van der Waals surface area contributed by atoms with Crippen LogP contribution in [0.15, 0.2) is 70.5 Å². The van der Waals surface area contributed by atoms with E-state index >= 15 is 0 Å². The summed E-state index contributed by atoms with van der Waals surface area (Å²) in [7, 11) is -3.45. The van der Waals surface area contributed by atoms with Crippen LogP contribution in [-0.2, 0) is 10.0 Å². The van der Waals surface area contributed by atoms with Gasteiger partial charge in [-0.2, -0.15) is 0 Å². The van der Waals surface area contributed by atoms with E-state index in [1.54, 1.807) is 17.5 Å². The van der Waals surface area contributed by atoms with Gasteiger partial charge in [0.15, 0.2) is 0 Å². The zero-order chi connectivity index (χ0) is 15.6. The zero-order valence-electron chi connectivity index (χ0n) is 12.0. The lowest BCUT2D eigenvalue weighted by Gasteiger charge is -2.14. The zero-order valence-corrected chi connectivity index (χ0v) is 13.6. The number of sulfonamides is 1. The highest BCUT2D eigenvalue weighted by atomic mass is 32.2. The topological polar surface area (TPSA) is 51.1 Å². The SMILES string of the molecule is CC(NS(=O)(=O)c1cccs1)c1ccc(-n2cccc2)cc1. The van der Waals surface area contributed by atoms with Crippen molar-refractivity contribution in [3.8, 4) is 5.69 Å².